The highest BCUT2D eigenvalue weighted by Crippen LogP contribution is 2.22. The number of fused-ring (bicyclic) bond motifs is 4. The van der Waals surface area contributed by atoms with Crippen LogP contribution in [-0.2, 0) is 0 Å². The molecule has 0 aromatic carbocycles. The number of amides is 1. The largest absolute Gasteiger partial charge is 0.384 e. The molecule has 4 heterocycles. The molecule has 3 aliphatic heterocycles. The number of hydrogen-bond donors (Lipinski definition) is 1. The number of aromatic nitrogens is 1. The van der Waals surface area contributed by atoms with Crippen molar-refractivity contribution in [1.82, 2.24) is 14.8 Å². The van der Waals surface area contributed by atoms with Crippen LogP contribution < -0.4 is 5.73 Å². The first kappa shape index (κ1) is 11.5. The highest BCUT2D eigenvalue weighted by molar-refractivity contribution is 5.94. The topological polar surface area (TPSA) is 62.5 Å². The number of carbonyl (C=O) groups is 1. The van der Waals surface area contributed by atoms with Crippen LogP contribution in [0, 0.1) is 0 Å². The van der Waals surface area contributed by atoms with Crippen molar-refractivity contribution in [3.63, 3.8) is 0 Å². The maximum Gasteiger partial charge on any atom is 0.255 e. The zero-order valence-electron chi connectivity index (χ0n) is 10.4. The lowest BCUT2D eigenvalue weighted by Gasteiger charge is -2.31. The van der Waals surface area contributed by atoms with Gasteiger partial charge >= 0.3 is 0 Å². The summed E-state index contributed by atoms with van der Waals surface area (Å²) in [6.45, 7) is 4.06. The molecular formula is C13H18N4O. The molecule has 2 bridgehead atoms. The summed E-state index contributed by atoms with van der Waals surface area (Å²) in [7, 11) is 0. The Morgan fingerprint density at radius 2 is 2.00 bits per heavy atom. The first-order chi connectivity index (χ1) is 8.74. The summed E-state index contributed by atoms with van der Waals surface area (Å²) in [5.41, 5.74) is 6.19. The number of pyridine rings is 1. The van der Waals surface area contributed by atoms with Crippen molar-refractivity contribution in [1.29, 1.82) is 0 Å². The predicted molar refractivity (Wildman–Crippen MR) is 69.1 cm³/mol. The number of nitrogens with zero attached hydrogens (tertiary/aromatic N) is 3. The molecular weight excluding hydrogens is 228 g/mol. The summed E-state index contributed by atoms with van der Waals surface area (Å²) in [4.78, 5) is 20.9. The number of nitrogens with two attached hydrogens (primary N) is 1. The van der Waals surface area contributed by atoms with Crippen molar-refractivity contribution in [3.05, 3.63) is 23.9 Å². The summed E-state index contributed by atoms with van der Waals surface area (Å²) in [5.74, 6) is 0.547. The van der Waals surface area contributed by atoms with Gasteiger partial charge in [0.1, 0.15) is 5.82 Å². The van der Waals surface area contributed by atoms with Crippen LogP contribution in [-0.4, -0.2) is 52.9 Å². The van der Waals surface area contributed by atoms with Crippen LogP contribution in [0.25, 0.3) is 0 Å². The molecule has 3 fully saturated rings. The minimum atomic E-state index is 0.0938. The summed E-state index contributed by atoms with van der Waals surface area (Å²) in [6, 6.07) is 3.85. The van der Waals surface area contributed by atoms with Crippen molar-refractivity contribution in [2.24, 2.45) is 0 Å². The minimum Gasteiger partial charge on any atom is -0.384 e. The third kappa shape index (κ3) is 2.06. The Labute approximate surface area is 107 Å². The second-order valence-corrected chi connectivity index (χ2v) is 5.04. The number of carbonyl (C=O) groups excluding carboxylic acids is 1. The van der Waals surface area contributed by atoms with Crippen molar-refractivity contribution in [3.8, 4) is 0 Å². The molecule has 0 atom stereocenters. The zero-order chi connectivity index (χ0) is 12.5. The average Bonchev–Trinajstić information content (AvgIpc) is 2.72. The van der Waals surface area contributed by atoms with E-state index >= 15 is 0 Å². The minimum absolute atomic E-state index is 0.0938. The van der Waals surface area contributed by atoms with Crippen molar-refractivity contribution >= 4 is 11.7 Å². The molecule has 3 saturated heterocycles. The van der Waals surface area contributed by atoms with E-state index in [0.29, 0.717) is 17.4 Å². The molecule has 5 nitrogen and oxygen atoms in total. The first-order valence-corrected chi connectivity index (χ1v) is 6.49. The van der Waals surface area contributed by atoms with E-state index in [1.165, 1.54) is 0 Å². The van der Waals surface area contributed by atoms with E-state index in [0.717, 1.165) is 39.0 Å². The number of rotatable bonds is 1. The average molecular weight is 246 g/mol. The van der Waals surface area contributed by atoms with Gasteiger partial charge in [0.15, 0.2) is 0 Å². The van der Waals surface area contributed by atoms with Crippen molar-refractivity contribution < 1.29 is 4.79 Å². The molecule has 5 heteroatoms. The lowest BCUT2D eigenvalue weighted by atomic mass is 10.0. The molecule has 1 aromatic rings. The lowest BCUT2D eigenvalue weighted by Crippen LogP contribution is -2.41. The molecule has 1 aromatic heterocycles. The summed E-state index contributed by atoms with van der Waals surface area (Å²) < 4.78 is 0. The van der Waals surface area contributed by atoms with E-state index < -0.39 is 0 Å². The fourth-order valence-electron chi connectivity index (χ4n) is 2.85. The molecule has 1 amide bonds. The summed E-state index contributed by atoms with van der Waals surface area (Å²) in [6.07, 6.45) is 3.76. The standard InChI is InChI=1S/C13H18N4O/c14-12-2-1-10(9-15-12)13(18)17-8-7-16-5-3-11(17)4-6-16/h1-2,9,11H,3-8H2,(H2,14,15). The first-order valence-electron chi connectivity index (χ1n) is 6.49. The van der Waals surface area contributed by atoms with E-state index in [-0.39, 0.29) is 5.91 Å². The molecule has 0 saturated carbocycles. The predicted octanol–water partition coefficient (Wildman–Crippen LogP) is 0.584. The Morgan fingerprint density at radius 1 is 1.22 bits per heavy atom. The van der Waals surface area contributed by atoms with Crippen LogP contribution in [0.5, 0.6) is 0 Å². The maximum atomic E-state index is 12.5. The molecule has 18 heavy (non-hydrogen) atoms. The van der Waals surface area contributed by atoms with Crippen LogP contribution in [0.4, 0.5) is 5.82 Å². The zero-order valence-corrected chi connectivity index (χ0v) is 10.4. The smallest absolute Gasteiger partial charge is 0.255 e. The van der Waals surface area contributed by atoms with Crippen molar-refractivity contribution in [2.45, 2.75) is 18.9 Å². The van der Waals surface area contributed by atoms with Gasteiger partial charge in [-0.3, -0.25) is 4.79 Å². The second-order valence-electron chi connectivity index (χ2n) is 5.04. The Hall–Kier alpha value is -1.62. The Balaban J connectivity index is 1.81. The number of hydrogen-bond acceptors (Lipinski definition) is 4. The van der Waals surface area contributed by atoms with Gasteiger partial charge in [-0.1, -0.05) is 0 Å². The van der Waals surface area contributed by atoms with Gasteiger partial charge in [-0.2, -0.15) is 0 Å². The van der Waals surface area contributed by atoms with Crippen LogP contribution >= 0.6 is 0 Å². The Kier molecular flexibility index (Phi) is 2.91. The molecule has 3 aliphatic rings. The highest BCUT2D eigenvalue weighted by atomic mass is 16.2. The van der Waals surface area contributed by atoms with Crippen LogP contribution in [0.15, 0.2) is 18.3 Å². The van der Waals surface area contributed by atoms with Gasteiger partial charge < -0.3 is 15.5 Å². The molecule has 0 aliphatic carbocycles. The van der Waals surface area contributed by atoms with Gasteiger partial charge in [0.05, 0.1) is 5.56 Å². The molecule has 2 N–H and O–H groups in total. The van der Waals surface area contributed by atoms with Gasteiger partial charge in [-0.25, -0.2) is 4.98 Å². The monoisotopic (exact) mass is 246 g/mol. The fourth-order valence-corrected chi connectivity index (χ4v) is 2.85. The Bertz CT molecular complexity index is 437. The number of anilines is 1. The summed E-state index contributed by atoms with van der Waals surface area (Å²) >= 11 is 0. The van der Waals surface area contributed by atoms with Crippen LogP contribution in [0.2, 0.25) is 0 Å². The van der Waals surface area contributed by atoms with Gasteiger partial charge in [0, 0.05) is 38.4 Å². The Morgan fingerprint density at radius 3 is 2.67 bits per heavy atom. The third-order valence-electron chi connectivity index (χ3n) is 3.95. The second kappa shape index (κ2) is 4.57. The lowest BCUT2D eigenvalue weighted by molar-refractivity contribution is 0.0684. The molecule has 96 valence electrons. The SMILES string of the molecule is Nc1ccc(C(=O)N2CCN3CCC2CC3)cn1. The fraction of sp³-hybridized carbons (Fsp3) is 0.538. The molecule has 0 unspecified atom stereocenters. The highest BCUT2D eigenvalue weighted by Gasteiger charge is 2.32. The van der Waals surface area contributed by atoms with Crippen molar-refractivity contribution in [2.75, 3.05) is 31.9 Å². The number of piperidine rings is 1. The third-order valence-corrected chi connectivity index (χ3v) is 3.95. The van der Waals surface area contributed by atoms with Crippen LogP contribution in [0.3, 0.4) is 0 Å². The number of nitrogen functional groups attached to an aromatic ring is 1. The summed E-state index contributed by atoms with van der Waals surface area (Å²) in [5, 5.41) is 0. The van der Waals surface area contributed by atoms with E-state index in [4.69, 9.17) is 5.73 Å². The maximum absolute atomic E-state index is 12.5. The van der Waals surface area contributed by atoms with Gasteiger partial charge in [-0.15, -0.1) is 0 Å². The van der Waals surface area contributed by atoms with Gasteiger partial charge in [0.25, 0.3) is 5.91 Å². The van der Waals surface area contributed by atoms with Crippen LogP contribution in [0.1, 0.15) is 23.2 Å². The van der Waals surface area contributed by atoms with Gasteiger partial charge in [0.2, 0.25) is 0 Å². The quantitative estimate of drug-likeness (QED) is 0.787. The molecule has 0 spiro atoms. The van der Waals surface area contributed by atoms with E-state index in [1.807, 2.05) is 4.90 Å². The normalized spacial score (nSPS) is 27.0. The van der Waals surface area contributed by atoms with E-state index in [1.54, 1.807) is 18.3 Å². The molecule has 4 rings (SSSR count). The van der Waals surface area contributed by atoms with E-state index in [9.17, 15) is 4.79 Å². The van der Waals surface area contributed by atoms with E-state index in [2.05, 4.69) is 9.88 Å². The van der Waals surface area contributed by atoms with Gasteiger partial charge in [-0.05, 0) is 25.0 Å². The molecule has 0 radical (unpaired) electrons.